The number of rotatable bonds is 7. The maximum absolute atomic E-state index is 12.1. The Morgan fingerprint density at radius 1 is 1.33 bits per heavy atom. The summed E-state index contributed by atoms with van der Waals surface area (Å²) < 4.78 is 15.5. The standard InChI is InChI=1S/C16H20N2O6/c1-3-23-9-12-8-11(4-5-13(12)22-2)15(20)24-10-14(19)18-7-6-17-16(18)21/h4-5,8H,3,6-7,9-10H2,1-2H3,(H,17,21). The number of imide groups is 1. The molecule has 24 heavy (non-hydrogen) atoms. The molecule has 3 amide bonds. The molecule has 1 heterocycles. The van der Waals surface area contributed by atoms with Crippen molar-refractivity contribution in [3.63, 3.8) is 0 Å². The van der Waals surface area contributed by atoms with Gasteiger partial charge >= 0.3 is 12.0 Å². The first kappa shape index (κ1) is 17.7. The normalized spacial score (nSPS) is 13.6. The van der Waals surface area contributed by atoms with Crippen LogP contribution < -0.4 is 10.1 Å². The smallest absolute Gasteiger partial charge is 0.338 e. The van der Waals surface area contributed by atoms with E-state index in [-0.39, 0.29) is 12.1 Å². The van der Waals surface area contributed by atoms with Crippen LogP contribution in [-0.4, -0.2) is 56.2 Å². The molecule has 8 heteroatoms. The molecule has 1 aromatic carbocycles. The molecule has 2 rings (SSSR count). The molecule has 130 valence electrons. The minimum absolute atomic E-state index is 0.274. The lowest BCUT2D eigenvalue weighted by molar-refractivity contribution is -0.130. The number of amides is 3. The van der Waals surface area contributed by atoms with Gasteiger partial charge in [0.25, 0.3) is 5.91 Å². The van der Waals surface area contributed by atoms with E-state index in [4.69, 9.17) is 14.2 Å². The number of nitrogens with zero attached hydrogens (tertiary/aromatic N) is 1. The van der Waals surface area contributed by atoms with Gasteiger partial charge < -0.3 is 19.5 Å². The number of hydrogen-bond acceptors (Lipinski definition) is 6. The first-order valence-corrected chi connectivity index (χ1v) is 7.56. The second kappa shape index (κ2) is 8.30. The molecule has 0 bridgehead atoms. The second-order valence-electron chi connectivity index (χ2n) is 5.02. The molecule has 0 unspecified atom stereocenters. The zero-order valence-corrected chi connectivity index (χ0v) is 13.7. The van der Waals surface area contributed by atoms with Crippen molar-refractivity contribution in [2.45, 2.75) is 13.5 Å². The minimum atomic E-state index is -0.650. The Balaban J connectivity index is 1.98. The molecule has 1 N–H and O–H groups in total. The van der Waals surface area contributed by atoms with Crippen LogP contribution in [0.15, 0.2) is 18.2 Å². The SMILES string of the molecule is CCOCc1cc(C(=O)OCC(=O)N2CCNC2=O)ccc1OC. The zero-order chi connectivity index (χ0) is 17.5. The Kier molecular flexibility index (Phi) is 6.14. The van der Waals surface area contributed by atoms with Crippen molar-refractivity contribution < 1.29 is 28.6 Å². The highest BCUT2D eigenvalue weighted by Crippen LogP contribution is 2.21. The highest BCUT2D eigenvalue weighted by molar-refractivity contribution is 5.98. The van der Waals surface area contributed by atoms with E-state index in [1.807, 2.05) is 6.92 Å². The predicted molar refractivity (Wildman–Crippen MR) is 83.7 cm³/mol. The van der Waals surface area contributed by atoms with Crippen LogP contribution in [0.1, 0.15) is 22.8 Å². The Labute approximate surface area is 139 Å². The van der Waals surface area contributed by atoms with E-state index in [1.54, 1.807) is 18.2 Å². The van der Waals surface area contributed by atoms with Gasteiger partial charge in [0.15, 0.2) is 6.61 Å². The summed E-state index contributed by atoms with van der Waals surface area (Å²) in [5.74, 6) is -0.602. The quantitative estimate of drug-likeness (QED) is 0.745. The van der Waals surface area contributed by atoms with E-state index in [1.165, 1.54) is 7.11 Å². The summed E-state index contributed by atoms with van der Waals surface area (Å²) in [6, 6.07) is 4.31. The third-order valence-corrected chi connectivity index (χ3v) is 3.46. The van der Waals surface area contributed by atoms with Gasteiger partial charge in [-0.3, -0.25) is 9.69 Å². The van der Waals surface area contributed by atoms with Crippen LogP contribution in [0.5, 0.6) is 5.75 Å². The molecule has 0 spiro atoms. The molecule has 1 aliphatic heterocycles. The zero-order valence-electron chi connectivity index (χ0n) is 13.7. The Hall–Kier alpha value is -2.61. The molecule has 8 nitrogen and oxygen atoms in total. The number of ether oxygens (including phenoxy) is 3. The molecule has 0 aromatic heterocycles. The summed E-state index contributed by atoms with van der Waals surface area (Å²) in [5.41, 5.74) is 0.989. The average Bonchev–Trinajstić information content (AvgIpc) is 3.03. The van der Waals surface area contributed by atoms with Crippen molar-refractivity contribution in [3.05, 3.63) is 29.3 Å². The molecule has 0 radical (unpaired) electrons. The fraction of sp³-hybridized carbons (Fsp3) is 0.438. The molecule has 0 atom stereocenters. The third kappa shape index (κ3) is 4.23. The van der Waals surface area contributed by atoms with Gasteiger partial charge in [0, 0.05) is 25.3 Å². The van der Waals surface area contributed by atoms with Gasteiger partial charge in [-0.2, -0.15) is 0 Å². The summed E-state index contributed by atoms with van der Waals surface area (Å²) in [5, 5.41) is 2.51. The molecule has 0 aliphatic carbocycles. The maximum atomic E-state index is 12.1. The number of urea groups is 1. The third-order valence-electron chi connectivity index (χ3n) is 3.46. The van der Waals surface area contributed by atoms with Gasteiger partial charge in [-0.25, -0.2) is 9.59 Å². The van der Waals surface area contributed by atoms with Crippen LogP contribution in [0, 0.1) is 0 Å². The monoisotopic (exact) mass is 336 g/mol. The molecular weight excluding hydrogens is 316 g/mol. The summed E-state index contributed by atoms with van der Waals surface area (Å²) in [4.78, 5) is 36.3. The van der Waals surface area contributed by atoms with Crippen molar-refractivity contribution in [2.24, 2.45) is 0 Å². The van der Waals surface area contributed by atoms with Crippen molar-refractivity contribution in [2.75, 3.05) is 33.4 Å². The lowest BCUT2D eigenvalue weighted by Crippen LogP contribution is -2.37. The topological polar surface area (TPSA) is 94.2 Å². The number of esters is 1. The highest BCUT2D eigenvalue weighted by Gasteiger charge is 2.27. The molecule has 1 saturated heterocycles. The summed E-state index contributed by atoms with van der Waals surface area (Å²) in [6.07, 6.45) is 0. The van der Waals surface area contributed by atoms with Crippen LogP contribution in [0.3, 0.4) is 0 Å². The number of methoxy groups -OCH3 is 1. The highest BCUT2D eigenvalue weighted by atomic mass is 16.5. The molecule has 1 aromatic rings. The number of benzene rings is 1. The summed E-state index contributed by atoms with van der Waals surface area (Å²) in [7, 11) is 1.53. The minimum Gasteiger partial charge on any atom is -0.496 e. The van der Waals surface area contributed by atoms with Gasteiger partial charge in [0.2, 0.25) is 0 Å². The number of nitrogens with one attached hydrogen (secondary N) is 1. The summed E-state index contributed by atoms with van der Waals surface area (Å²) in [6.45, 7) is 2.88. The Bertz CT molecular complexity index is 631. The molecule has 1 fully saturated rings. The second-order valence-corrected chi connectivity index (χ2v) is 5.02. The van der Waals surface area contributed by atoms with Crippen LogP contribution in [0.4, 0.5) is 4.79 Å². The van der Waals surface area contributed by atoms with Gasteiger partial charge in [-0.15, -0.1) is 0 Å². The van der Waals surface area contributed by atoms with Crippen molar-refractivity contribution in [1.29, 1.82) is 0 Å². The van der Waals surface area contributed by atoms with Crippen LogP contribution in [0.25, 0.3) is 0 Å². The van der Waals surface area contributed by atoms with Gasteiger partial charge in [0.1, 0.15) is 5.75 Å². The molecular formula is C16H20N2O6. The molecule has 1 aliphatic rings. The number of carbonyl (C=O) groups is 3. The van der Waals surface area contributed by atoms with Gasteiger partial charge in [-0.1, -0.05) is 0 Å². The number of hydrogen-bond donors (Lipinski definition) is 1. The largest absolute Gasteiger partial charge is 0.496 e. The average molecular weight is 336 g/mol. The van der Waals surface area contributed by atoms with E-state index in [9.17, 15) is 14.4 Å². The van der Waals surface area contributed by atoms with E-state index in [0.29, 0.717) is 31.1 Å². The lowest BCUT2D eigenvalue weighted by Gasteiger charge is -2.13. The Morgan fingerprint density at radius 3 is 2.75 bits per heavy atom. The van der Waals surface area contributed by atoms with Crippen LogP contribution in [-0.2, 0) is 20.9 Å². The first-order valence-electron chi connectivity index (χ1n) is 7.56. The predicted octanol–water partition coefficient (Wildman–Crippen LogP) is 0.940. The van der Waals surface area contributed by atoms with Gasteiger partial charge in [-0.05, 0) is 25.1 Å². The van der Waals surface area contributed by atoms with Crippen LogP contribution >= 0.6 is 0 Å². The Morgan fingerprint density at radius 2 is 2.12 bits per heavy atom. The van der Waals surface area contributed by atoms with E-state index >= 15 is 0 Å². The fourth-order valence-electron chi connectivity index (χ4n) is 2.23. The van der Waals surface area contributed by atoms with Crippen molar-refractivity contribution in [1.82, 2.24) is 10.2 Å². The maximum Gasteiger partial charge on any atom is 0.338 e. The van der Waals surface area contributed by atoms with Crippen molar-refractivity contribution >= 4 is 17.9 Å². The van der Waals surface area contributed by atoms with Crippen molar-refractivity contribution in [3.8, 4) is 5.75 Å². The van der Waals surface area contributed by atoms with E-state index < -0.39 is 24.5 Å². The van der Waals surface area contributed by atoms with E-state index in [2.05, 4.69) is 5.32 Å². The fourth-order valence-corrected chi connectivity index (χ4v) is 2.23. The number of carbonyl (C=O) groups excluding carboxylic acids is 3. The molecule has 0 saturated carbocycles. The lowest BCUT2D eigenvalue weighted by atomic mass is 10.1. The van der Waals surface area contributed by atoms with Gasteiger partial charge in [0.05, 0.1) is 19.3 Å². The first-order chi connectivity index (χ1) is 11.6. The van der Waals surface area contributed by atoms with Crippen LogP contribution in [0.2, 0.25) is 0 Å². The van der Waals surface area contributed by atoms with E-state index in [0.717, 1.165) is 4.90 Å². The summed E-state index contributed by atoms with van der Waals surface area (Å²) >= 11 is 0.